The van der Waals surface area contributed by atoms with Crippen molar-refractivity contribution in [2.45, 2.75) is 46.1 Å². The van der Waals surface area contributed by atoms with Crippen LogP contribution in [-0.2, 0) is 11.2 Å². The van der Waals surface area contributed by atoms with Gasteiger partial charge in [-0.25, -0.2) is 9.97 Å². The normalized spacial score (nSPS) is 11.4. The smallest absolute Gasteiger partial charge is 0.133 e. The van der Waals surface area contributed by atoms with E-state index in [9.17, 15) is 0 Å². The molecule has 0 aliphatic carbocycles. The minimum Gasteiger partial charge on any atom is -0.377 e. The van der Waals surface area contributed by atoms with Gasteiger partial charge in [0, 0.05) is 32.7 Å². The van der Waals surface area contributed by atoms with Crippen molar-refractivity contribution in [3.05, 3.63) is 11.9 Å². The molecule has 0 saturated carbocycles. The van der Waals surface area contributed by atoms with Crippen molar-refractivity contribution >= 4 is 11.6 Å². The van der Waals surface area contributed by atoms with Gasteiger partial charge in [0.2, 0.25) is 0 Å². The van der Waals surface area contributed by atoms with E-state index in [4.69, 9.17) is 4.74 Å². The highest BCUT2D eigenvalue weighted by Crippen LogP contribution is 2.14. The molecule has 1 rings (SSSR count). The molecule has 1 aromatic heterocycles. The lowest BCUT2D eigenvalue weighted by Gasteiger charge is -2.23. The predicted molar refractivity (Wildman–Crippen MR) is 79.8 cm³/mol. The summed E-state index contributed by atoms with van der Waals surface area (Å²) < 4.78 is 5.39. The first-order valence-corrected chi connectivity index (χ1v) is 6.91. The van der Waals surface area contributed by atoms with Crippen LogP contribution in [0.4, 0.5) is 11.6 Å². The summed E-state index contributed by atoms with van der Waals surface area (Å²) in [5, 5.41) is 6.55. The fourth-order valence-electron chi connectivity index (χ4n) is 1.57. The van der Waals surface area contributed by atoms with Crippen molar-refractivity contribution in [3.63, 3.8) is 0 Å². The third-order valence-electron chi connectivity index (χ3n) is 2.85. The van der Waals surface area contributed by atoms with E-state index >= 15 is 0 Å². The maximum atomic E-state index is 5.39. The lowest BCUT2D eigenvalue weighted by molar-refractivity contribution is 0.0343. The number of hydrogen-bond acceptors (Lipinski definition) is 5. The molecule has 1 aromatic rings. The Labute approximate surface area is 116 Å². The Kier molecular flexibility index (Phi) is 6.02. The molecule has 5 nitrogen and oxygen atoms in total. The molecule has 19 heavy (non-hydrogen) atoms. The van der Waals surface area contributed by atoms with Crippen molar-refractivity contribution < 1.29 is 4.74 Å². The van der Waals surface area contributed by atoms with Crippen LogP contribution in [0.3, 0.4) is 0 Å². The number of aromatic nitrogens is 2. The molecule has 0 bridgehead atoms. The lowest BCUT2D eigenvalue weighted by Crippen LogP contribution is -2.32. The van der Waals surface area contributed by atoms with Gasteiger partial charge in [-0.1, -0.05) is 6.92 Å². The highest BCUT2D eigenvalue weighted by molar-refractivity contribution is 5.47. The van der Waals surface area contributed by atoms with E-state index in [1.54, 1.807) is 7.11 Å². The Bertz CT molecular complexity index is 369. The molecule has 0 aliphatic heterocycles. The largest absolute Gasteiger partial charge is 0.377 e. The van der Waals surface area contributed by atoms with Crippen molar-refractivity contribution in [2.75, 3.05) is 30.8 Å². The molecular formula is C14H26N4O. The van der Waals surface area contributed by atoms with Gasteiger partial charge in [0.1, 0.15) is 17.5 Å². The van der Waals surface area contributed by atoms with Crippen molar-refractivity contribution in [2.24, 2.45) is 0 Å². The van der Waals surface area contributed by atoms with Gasteiger partial charge in [0.15, 0.2) is 0 Å². The Morgan fingerprint density at radius 3 is 2.32 bits per heavy atom. The fraction of sp³-hybridized carbons (Fsp3) is 0.714. The number of hydrogen-bond donors (Lipinski definition) is 2. The number of nitrogens with one attached hydrogen (secondary N) is 2. The van der Waals surface area contributed by atoms with E-state index in [0.29, 0.717) is 6.54 Å². The monoisotopic (exact) mass is 266 g/mol. The molecule has 0 amide bonds. The van der Waals surface area contributed by atoms with Crippen LogP contribution < -0.4 is 10.6 Å². The molecule has 0 fully saturated rings. The summed E-state index contributed by atoms with van der Waals surface area (Å²) in [5.41, 5.74) is -0.214. The van der Waals surface area contributed by atoms with Crippen molar-refractivity contribution in [3.8, 4) is 0 Å². The molecule has 0 saturated heterocycles. The van der Waals surface area contributed by atoms with Gasteiger partial charge in [-0.2, -0.15) is 0 Å². The van der Waals surface area contributed by atoms with Crippen LogP contribution in [0.15, 0.2) is 6.07 Å². The van der Waals surface area contributed by atoms with E-state index in [2.05, 4.69) is 34.4 Å². The summed E-state index contributed by atoms with van der Waals surface area (Å²) in [4.78, 5) is 9.01. The highest BCUT2D eigenvalue weighted by atomic mass is 16.5. The summed E-state index contributed by atoms with van der Waals surface area (Å²) in [6.45, 7) is 9.83. The summed E-state index contributed by atoms with van der Waals surface area (Å²) in [5.74, 6) is 2.59. The van der Waals surface area contributed by atoms with E-state index in [0.717, 1.165) is 36.8 Å². The fourth-order valence-corrected chi connectivity index (χ4v) is 1.57. The Morgan fingerprint density at radius 1 is 1.16 bits per heavy atom. The number of anilines is 2. The Balaban J connectivity index is 2.80. The molecule has 0 atom stereocenters. The molecule has 1 heterocycles. The average Bonchev–Trinajstić information content (AvgIpc) is 2.37. The minimum atomic E-state index is -0.214. The zero-order valence-electron chi connectivity index (χ0n) is 12.7. The molecule has 0 spiro atoms. The second kappa shape index (κ2) is 7.28. The van der Waals surface area contributed by atoms with Crippen LogP contribution in [0.2, 0.25) is 0 Å². The molecule has 0 aliphatic rings. The van der Waals surface area contributed by atoms with Gasteiger partial charge in [0.05, 0.1) is 5.60 Å². The summed E-state index contributed by atoms with van der Waals surface area (Å²) >= 11 is 0. The number of aryl methyl sites for hydroxylation is 1. The standard InChI is InChI=1S/C14H26N4O/c1-6-8-11-17-12(15-7-2)9-13(18-11)16-10-14(3,4)19-5/h9H,6-8,10H2,1-5H3,(H2,15,16,17,18). The molecule has 0 radical (unpaired) electrons. The first kappa shape index (κ1) is 15.7. The zero-order valence-corrected chi connectivity index (χ0v) is 12.7. The second-order valence-corrected chi connectivity index (χ2v) is 5.15. The lowest BCUT2D eigenvalue weighted by atomic mass is 10.1. The first-order valence-electron chi connectivity index (χ1n) is 6.91. The van der Waals surface area contributed by atoms with Crippen LogP contribution >= 0.6 is 0 Å². The van der Waals surface area contributed by atoms with Crippen LogP contribution in [0.25, 0.3) is 0 Å². The van der Waals surface area contributed by atoms with Gasteiger partial charge in [-0.3, -0.25) is 0 Å². The third-order valence-corrected chi connectivity index (χ3v) is 2.85. The predicted octanol–water partition coefficient (Wildman–Crippen LogP) is 2.70. The van der Waals surface area contributed by atoms with Gasteiger partial charge >= 0.3 is 0 Å². The van der Waals surface area contributed by atoms with Crippen LogP contribution in [-0.4, -0.2) is 35.8 Å². The third kappa shape index (κ3) is 5.42. The van der Waals surface area contributed by atoms with E-state index < -0.39 is 0 Å². The highest BCUT2D eigenvalue weighted by Gasteiger charge is 2.16. The zero-order chi connectivity index (χ0) is 14.3. The van der Waals surface area contributed by atoms with Gasteiger partial charge < -0.3 is 15.4 Å². The minimum absolute atomic E-state index is 0.214. The van der Waals surface area contributed by atoms with Crippen molar-refractivity contribution in [1.29, 1.82) is 0 Å². The summed E-state index contributed by atoms with van der Waals surface area (Å²) in [7, 11) is 1.72. The van der Waals surface area contributed by atoms with E-state index in [1.165, 1.54) is 0 Å². The molecule has 5 heteroatoms. The number of rotatable bonds is 8. The Hall–Kier alpha value is -1.36. The molecule has 0 unspecified atom stereocenters. The van der Waals surface area contributed by atoms with Gasteiger partial charge in [-0.05, 0) is 27.2 Å². The van der Waals surface area contributed by atoms with Crippen LogP contribution in [0.5, 0.6) is 0 Å². The van der Waals surface area contributed by atoms with Gasteiger partial charge in [0.25, 0.3) is 0 Å². The summed E-state index contributed by atoms with van der Waals surface area (Å²) in [6.07, 6.45) is 1.93. The maximum absolute atomic E-state index is 5.39. The maximum Gasteiger partial charge on any atom is 0.133 e. The van der Waals surface area contributed by atoms with E-state index in [1.807, 2.05) is 19.9 Å². The van der Waals surface area contributed by atoms with Gasteiger partial charge in [-0.15, -0.1) is 0 Å². The number of methoxy groups -OCH3 is 1. The summed E-state index contributed by atoms with van der Waals surface area (Å²) in [6, 6.07) is 1.94. The SMILES string of the molecule is CCCc1nc(NCC)cc(NCC(C)(C)OC)n1. The first-order chi connectivity index (χ1) is 9.00. The quantitative estimate of drug-likeness (QED) is 0.757. The van der Waals surface area contributed by atoms with Crippen molar-refractivity contribution in [1.82, 2.24) is 9.97 Å². The molecule has 108 valence electrons. The van der Waals surface area contributed by atoms with Crippen LogP contribution in [0.1, 0.15) is 39.9 Å². The topological polar surface area (TPSA) is 59.1 Å². The number of nitrogens with zero attached hydrogens (tertiary/aromatic N) is 2. The van der Waals surface area contributed by atoms with E-state index in [-0.39, 0.29) is 5.60 Å². The average molecular weight is 266 g/mol. The Morgan fingerprint density at radius 2 is 1.79 bits per heavy atom. The van der Waals surface area contributed by atoms with Crippen LogP contribution in [0, 0.1) is 0 Å². The second-order valence-electron chi connectivity index (χ2n) is 5.15. The molecular weight excluding hydrogens is 240 g/mol. The number of ether oxygens (including phenoxy) is 1. The molecule has 0 aromatic carbocycles. The molecule has 2 N–H and O–H groups in total.